The van der Waals surface area contributed by atoms with E-state index in [0.29, 0.717) is 0 Å². The van der Waals surface area contributed by atoms with E-state index in [4.69, 9.17) is 0 Å². The van der Waals surface area contributed by atoms with Crippen LogP contribution < -0.4 is 4.90 Å². The second-order valence-corrected chi connectivity index (χ2v) is 4.31. The monoisotopic (exact) mass is 274 g/mol. The number of para-hydroxylation sites is 1. The molecular formula is C14H13BrN. The van der Waals surface area contributed by atoms with Gasteiger partial charge in [-0.05, 0) is 53.2 Å². The molecule has 2 rings (SSSR count). The largest absolute Gasteiger partial charge is 0.341 e. The third kappa shape index (κ3) is 2.27. The smallest absolute Gasteiger partial charge is 0.0555 e. The molecule has 0 saturated carbocycles. The first-order valence-electron chi connectivity index (χ1n) is 5.31. The molecule has 0 aliphatic heterocycles. The van der Waals surface area contributed by atoms with Gasteiger partial charge in [-0.25, -0.2) is 0 Å². The van der Waals surface area contributed by atoms with E-state index in [-0.39, 0.29) is 0 Å². The highest BCUT2D eigenvalue weighted by Crippen LogP contribution is 2.31. The van der Waals surface area contributed by atoms with Crippen LogP contribution in [0.2, 0.25) is 0 Å². The minimum absolute atomic E-state index is 0.937. The summed E-state index contributed by atoms with van der Waals surface area (Å²) in [7, 11) is 0. The number of hydrogen-bond acceptors (Lipinski definition) is 1. The van der Waals surface area contributed by atoms with Gasteiger partial charge in [-0.2, -0.15) is 0 Å². The van der Waals surface area contributed by atoms with Gasteiger partial charge in [-0.3, -0.25) is 0 Å². The molecule has 2 aromatic rings. The minimum atomic E-state index is 0.937. The zero-order valence-corrected chi connectivity index (χ0v) is 10.7. The highest BCUT2D eigenvalue weighted by atomic mass is 79.9. The molecule has 1 radical (unpaired) electrons. The molecule has 2 aromatic carbocycles. The van der Waals surface area contributed by atoms with Crippen LogP contribution in [0.5, 0.6) is 0 Å². The van der Waals surface area contributed by atoms with Crippen molar-refractivity contribution in [3.05, 3.63) is 59.1 Å². The van der Waals surface area contributed by atoms with Gasteiger partial charge < -0.3 is 4.90 Å². The lowest BCUT2D eigenvalue weighted by Gasteiger charge is -2.24. The maximum Gasteiger partial charge on any atom is 0.0555 e. The summed E-state index contributed by atoms with van der Waals surface area (Å²) < 4.78 is 1.12. The average molecular weight is 275 g/mol. The molecule has 0 fully saturated rings. The van der Waals surface area contributed by atoms with Crippen LogP contribution in [-0.2, 0) is 0 Å². The Balaban J connectivity index is 2.41. The molecule has 16 heavy (non-hydrogen) atoms. The number of halogens is 1. The maximum atomic E-state index is 3.59. The van der Waals surface area contributed by atoms with E-state index in [1.54, 1.807) is 0 Å². The molecule has 0 aliphatic carbocycles. The number of anilines is 2. The molecule has 0 saturated heterocycles. The Kier molecular flexibility index (Phi) is 3.62. The average Bonchev–Trinajstić information content (AvgIpc) is 2.34. The molecule has 1 nitrogen and oxygen atoms in total. The predicted molar refractivity (Wildman–Crippen MR) is 72.1 cm³/mol. The van der Waals surface area contributed by atoms with Crippen LogP contribution in [0.1, 0.15) is 6.92 Å². The summed E-state index contributed by atoms with van der Waals surface area (Å²) in [5, 5.41) is 0. The van der Waals surface area contributed by atoms with Crippen molar-refractivity contribution in [1.29, 1.82) is 0 Å². The van der Waals surface area contributed by atoms with Crippen molar-refractivity contribution in [3.63, 3.8) is 0 Å². The van der Waals surface area contributed by atoms with Crippen molar-refractivity contribution in [2.24, 2.45) is 0 Å². The van der Waals surface area contributed by atoms with Crippen LogP contribution in [0.15, 0.2) is 53.0 Å². The van der Waals surface area contributed by atoms with Gasteiger partial charge in [0.1, 0.15) is 0 Å². The van der Waals surface area contributed by atoms with E-state index in [2.05, 4.69) is 64.2 Å². The third-order valence-electron chi connectivity index (χ3n) is 2.47. The Labute approximate surface area is 105 Å². The van der Waals surface area contributed by atoms with E-state index in [9.17, 15) is 0 Å². The lowest BCUT2D eigenvalue weighted by atomic mass is 10.2. The van der Waals surface area contributed by atoms with Crippen molar-refractivity contribution in [2.75, 3.05) is 11.4 Å². The first kappa shape index (κ1) is 11.2. The van der Waals surface area contributed by atoms with Crippen LogP contribution in [0.4, 0.5) is 11.4 Å². The van der Waals surface area contributed by atoms with Gasteiger partial charge >= 0.3 is 0 Å². The fraction of sp³-hybridized carbons (Fsp3) is 0.143. The van der Waals surface area contributed by atoms with E-state index in [1.807, 2.05) is 18.2 Å². The highest BCUT2D eigenvalue weighted by molar-refractivity contribution is 9.10. The predicted octanol–water partition coefficient (Wildman–Crippen LogP) is 4.41. The molecule has 81 valence electrons. The van der Waals surface area contributed by atoms with Crippen molar-refractivity contribution in [1.82, 2.24) is 0 Å². The summed E-state index contributed by atoms with van der Waals surface area (Å²) in [6.07, 6.45) is 0. The summed E-state index contributed by atoms with van der Waals surface area (Å²) in [5.41, 5.74) is 2.38. The third-order valence-corrected chi connectivity index (χ3v) is 3.14. The van der Waals surface area contributed by atoms with Crippen LogP contribution in [0, 0.1) is 6.07 Å². The summed E-state index contributed by atoms with van der Waals surface area (Å²) >= 11 is 3.59. The zero-order valence-electron chi connectivity index (χ0n) is 9.15. The van der Waals surface area contributed by atoms with Gasteiger partial charge in [0.15, 0.2) is 0 Å². The molecule has 0 atom stereocenters. The lowest BCUT2D eigenvalue weighted by Crippen LogP contribution is -2.16. The topological polar surface area (TPSA) is 3.24 Å². The normalized spacial score (nSPS) is 10.1. The van der Waals surface area contributed by atoms with Gasteiger partial charge in [0.25, 0.3) is 0 Å². The maximum absolute atomic E-state index is 3.59. The molecular weight excluding hydrogens is 262 g/mol. The minimum Gasteiger partial charge on any atom is -0.341 e. The summed E-state index contributed by atoms with van der Waals surface area (Å²) in [4.78, 5) is 2.26. The van der Waals surface area contributed by atoms with Crippen molar-refractivity contribution in [3.8, 4) is 0 Å². The molecule has 0 spiro atoms. The van der Waals surface area contributed by atoms with Crippen molar-refractivity contribution < 1.29 is 0 Å². The first-order chi connectivity index (χ1) is 7.83. The Hall–Kier alpha value is -1.28. The summed E-state index contributed by atoms with van der Waals surface area (Å²) in [6, 6.07) is 19.3. The molecule has 0 amide bonds. The zero-order chi connectivity index (χ0) is 11.4. The molecule has 2 heteroatoms. The lowest BCUT2D eigenvalue weighted by molar-refractivity contribution is 1.02. The standard InChI is InChI=1S/C14H13BrN/c1-2-16(12-8-4-3-5-9-12)14-11-7-6-10-13(14)15/h4-11H,2H2,1H3. The number of rotatable bonds is 3. The molecule has 0 aromatic heterocycles. The van der Waals surface area contributed by atoms with E-state index < -0.39 is 0 Å². The second kappa shape index (κ2) is 5.17. The Morgan fingerprint density at radius 2 is 1.81 bits per heavy atom. The van der Waals surface area contributed by atoms with Crippen molar-refractivity contribution in [2.45, 2.75) is 6.92 Å². The van der Waals surface area contributed by atoms with Gasteiger partial charge in [0.05, 0.1) is 5.69 Å². The van der Waals surface area contributed by atoms with Gasteiger partial charge in [-0.15, -0.1) is 0 Å². The van der Waals surface area contributed by atoms with Crippen molar-refractivity contribution >= 4 is 27.3 Å². The Morgan fingerprint density at radius 3 is 2.44 bits per heavy atom. The quantitative estimate of drug-likeness (QED) is 0.802. The fourth-order valence-corrected chi connectivity index (χ4v) is 2.22. The Bertz CT molecular complexity index is 453. The molecule has 0 aliphatic rings. The summed E-state index contributed by atoms with van der Waals surface area (Å²) in [6.45, 7) is 3.09. The van der Waals surface area contributed by atoms with E-state index in [0.717, 1.165) is 11.0 Å². The van der Waals surface area contributed by atoms with Gasteiger partial charge in [0, 0.05) is 16.7 Å². The van der Waals surface area contributed by atoms with E-state index >= 15 is 0 Å². The van der Waals surface area contributed by atoms with Crippen LogP contribution in [0.25, 0.3) is 0 Å². The van der Waals surface area contributed by atoms with Gasteiger partial charge in [0.2, 0.25) is 0 Å². The van der Waals surface area contributed by atoms with E-state index in [1.165, 1.54) is 11.4 Å². The van der Waals surface area contributed by atoms with Crippen LogP contribution >= 0.6 is 15.9 Å². The Morgan fingerprint density at radius 1 is 1.12 bits per heavy atom. The fourth-order valence-electron chi connectivity index (χ4n) is 1.72. The highest BCUT2D eigenvalue weighted by Gasteiger charge is 2.08. The molecule has 0 bridgehead atoms. The SMILES string of the molecule is CCN(c1cc[c]cc1)c1ccccc1Br. The second-order valence-electron chi connectivity index (χ2n) is 3.45. The molecule has 0 unspecified atom stereocenters. The molecule has 0 heterocycles. The summed E-state index contributed by atoms with van der Waals surface area (Å²) in [5.74, 6) is 0. The van der Waals surface area contributed by atoms with Crippen LogP contribution in [-0.4, -0.2) is 6.54 Å². The van der Waals surface area contributed by atoms with Crippen LogP contribution in [0.3, 0.4) is 0 Å². The number of hydrogen-bond donors (Lipinski definition) is 0. The first-order valence-corrected chi connectivity index (χ1v) is 6.10. The number of nitrogens with zero attached hydrogens (tertiary/aromatic N) is 1. The number of benzene rings is 2. The molecule has 0 N–H and O–H groups in total. The van der Waals surface area contributed by atoms with Gasteiger partial charge in [-0.1, -0.05) is 24.3 Å².